The van der Waals surface area contributed by atoms with Crippen LogP contribution in [0.2, 0.25) is 0 Å². The number of carbonyl (C=O) groups is 1. The van der Waals surface area contributed by atoms with Crippen LogP contribution in [0.15, 0.2) is 42.5 Å². The van der Waals surface area contributed by atoms with Crippen molar-refractivity contribution in [2.24, 2.45) is 0 Å². The summed E-state index contributed by atoms with van der Waals surface area (Å²) in [6.45, 7) is 9.80. The van der Waals surface area contributed by atoms with Gasteiger partial charge >= 0.3 is 0 Å². The molecule has 2 heterocycles. The summed E-state index contributed by atoms with van der Waals surface area (Å²) in [5.74, 6) is 1.97. The number of hydrogen-bond acceptors (Lipinski definition) is 5. The fourth-order valence-corrected chi connectivity index (χ4v) is 3.75. The Bertz CT molecular complexity index is 843. The third kappa shape index (κ3) is 5.08. The summed E-state index contributed by atoms with van der Waals surface area (Å²) < 4.78 is 10.7. The first-order valence-electron chi connectivity index (χ1n) is 10.3. The van der Waals surface area contributed by atoms with Gasteiger partial charge < -0.3 is 14.8 Å². The van der Waals surface area contributed by atoms with Gasteiger partial charge in [0.25, 0.3) is 0 Å². The van der Waals surface area contributed by atoms with E-state index >= 15 is 0 Å². The van der Waals surface area contributed by atoms with Crippen LogP contribution in [-0.4, -0.2) is 55.2 Å². The second kappa shape index (κ2) is 8.84. The highest BCUT2D eigenvalue weighted by Crippen LogP contribution is 2.34. The van der Waals surface area contributed by atoms with Crippen molar-refractivity contribution in [2.75, 3.05) is 44.8 Å². The maximum Gasteiger partial charge on any atom is 0.238 e. The molecule has 0 spiro atoms. The fourth-order valence-electron chi connectivity index (χ4n) is 3.75. The molecule has 29 heavy (non-hydrogen) atoms. The zero-order valence-electron chi connectivity index (χ0n) is 17.2. The van der Waals surface area contributed by atoms with E-state index in [9.17, 15) is 4.79 Å². The van der Waals surface area contributed by atoms with Crippen LogP contribution >= 0.6 is 0 Å². The fraction of sp³-hybridized carbons (Fsp3) is 0.435. The minimum absolute atomic E-state index is 0.00147. The molecule has 0 aromatic heterocycles. The van der Waals surface area contributed by atoms with E-state index in [2.05, 4.69) is 53.2 Å². The van der Waals surface area contributed by atoms with E-state index in [-0.39, 0.29) is 12.7 Å². The Labute approximate surface area is 172 Å². The third-order valence-electron chi connectivity index (χ3n) is 5.54. The van der Waals surface area contributed by atoms with Gasteiger partial charge in [0, 0.05) is 44.5 Å². The van der Waals surface area contributed by atoms with Crippen molar-refractivity contribution in [3.8, 4) is 11.5 Å². The minimum atomic E-state index is 0.00147. The summed E-state index contributed by atoms with van der Waals surface area (Å²) in [5.41, 5.74) is 3.47. The van der Waals surface area contributed by atoms with Gasteiger partial charge in [0.2, 0.25) is 12.7 Å². The molecule has 2 aliphatic heterocycles. The molecule has 0 radical (unpaired) electrons. The van der Waals surface area contributed by atoms with Gasteiger partial charge in [-0.1, -0.05) is 38.1 Å². The van der Waals surface area contributed by atoms with Gasteiger partial charge in [-0.3, -0.25) is 14.6 Å². The van der Waals surface area contributed by atoms with Gasteiger partial charge in [0.05, 0.1) is 6.54 Å². The van der Waals surface area contributed by atoms with E-state index in [0.29, 0.717) is 18.2 Å². The van der Waals surface area contributed by atoms with E-state index < -0.39 is 0 Å². The van der Waals surface area contributed by atoms with Crippen LogP contribution in [0.5, 0.6) is 11.5 Å². The number of rotatable bonds is 6. The van der Waals surface area contributed by atoms with E-state index in [1.54, 1.807) is 0 Å². The Morgan fingerprint density at radius 3 is 2.38 bits per heavy atom. The van der Waals surface area contributed by atoms with Crippen molar-refractivity contribution in [1.29, 1.82) is 0 Å². The number of fused-ring (bicyclic) bond motifs is 1. The zero-order chi connectivity index (χ0) is 20.2. The predicted molar refractivity (Wildman–Crippen MR) is 113 cm³/mol. The molecule has 154 valence electrons. The summed E-state index contributed by atoms with van der Waals surface area (Å²) in [5, 5.41) is 2.95. The summed E-state index contributed by atoms with van der Waals surface area (Å²) in [7, 11) is 0. The van der Waals surface area contributed by atoms with Gasteiger partial charge in [0.15, 0.2) is 11.5 Å². The maximum absolute atomic E-state index is 12.4. The number of nitrogens with one attached hydrogen (secondary N) is 1. The molecular formula is C23H29N3O3. The molecule has 0 aliphatic carbocycles. The van der Waals surface area contributed by atoms with Crippen molar-refractivity contribution in [2.45, 2.75) is 26.3 Å². The van der Waals surface area contributed by atoms with Crippen molar-refractivity contribution in [3.05, 3.63) is 53.6 Å². The molecule has 0 atom stereocenters. The molecular weight excluding hydrogens is 366 g/mol. The molecule has 6 nitrogen and oxygen atoms in total. The van der Waals surface area contributed by atoms with Crippen LogP contribution in [0.4, 0.5) is 5.69 Å². The first kappa shape index (κ1) is 19.7. The van der Waals surface area contributed by atoms with E-state index in [0.717, 1.165) is 44.2 Å². The number of hydrogen-bond donors (Lipinski definition) is 1. The van der Waals surface area contributed by atoms with Crippen molar-refractivity contribution in [1.82, 2.24) is 9.80 Å². The van der Waals surface area contributed by atoms with E-state index in [1.807, 2.05) is 18.2 Å². The van der Waals surface area contributed by atoms with Gasteiger partial charge in [-0.25, -0.2) is 0 Å². The highest BCUT2D eigenvalue weighted by molar-refractivity contribution is 5.92. The van der Waals surface area contributed by atoms with Crippen molar-refractivity contribution in [3.63, 3.8) is 0 Å². The number of carbonyl (C=O) groups excluding carboxylic acids is 1. The van der Waals surface area contributed by atoms with Crippen LogP contribution < -0.4 is 14.8 Å². The molecule has 2 aliphatic rings. The summed E-state index contributed by atoms with van der Waals surface area (Å²) in [4.78, 5) is 17.1. The average molecular weight is 396 g/mol. The Morgan fingerprint density at radius 2 is 1.66 bits per heavy atom. The van der Waals surface area contributed by atoms with Crippen molar-refractivity contribution >= 4 is 11.6 Å². The minimum Gasteiger partial charge on any atom is -0.454 e. The normalized spacial score (nSPS) is 16.9. The highest BCUT2D eigenvalue weighted by Gasteiger charge is 2.20. The van der Waals surface area contributed by atoms with Gasteiger partial charge in [0.1, 0.15) is 0 Å². The number of benzene rings is 2. The van der Waals surface area contributed by atoms with Gasteiger partial charge in [-0.2, -0.15) is 0 Å². The lowest BCUT2D eigenvalue weighted by atomic mass is 10.0. The molecule has 0 saturated carbocycles. The average Bonchev–Trinajstić information content (AvgIpc) is 3.18. The van der Waals surface area contributed by atoms with Crippen molar-refractivity contribution < 1.29 is 14.3 Å². The second-order valence-corrected chi connectivity index (χ2v) is 8.06. The van der Waals surface area contributed by atoms with Crippen LogP contribution in [0.1, 0.15) is 30.9 Å². The molecule has 1 N–H and O–H groups in total. The summed E-state index contributed by atoms with van der Waals surface area (Å²) in [6, 6.07) is 14.4. The van der Waals surface area contributed by atoms with Gasteiger partial charge in [-0.15, -0.1) is 0 Å². The Kier molecular flexibility index (Phi) is 6.02. The molecule has 0 unspecified atom stereocenters. The number of piperazine rings is 1. The first-order valence-corrected chi connectivity index (χ1v) is 10.3. The Balaban J connectivity index is 1.22. The molecule has 1 saturated heterocycles. The SMILES string of the molecule is CC(C)c1ccc(CN2CCN(CC(=O)Nc3ccc4c(c3)OCO4)CC2)cc1. The summed E-state index contributed by atoms with van der Waals surface area (Å²) in [6.07, 6.45) is 0. The number of anilines is 1. The number of ether oxygens (including phenoxy) is 2. The van der Waals surface area contributed by atoms with Gasteiger partial charge in [-0.05, 0) is 29.2 Å². The molecule has 6 heteroatoms. The van der Waals surface area contributed by atoms with Crippen LogP contribution in [0, 0.1) is 0 Å². The number of amides is 1. The lowest BCUT2D eigenvalue weighted by Gasteiger charge is -2.34. The standard InChI is InChI=1S/C23H29N3O3/c1-17(2)19-5-3-18(4-6-19)14-25-9-11-26(12-10-25)15-23(27)24-20-7-8-21-22(13-20)29-16-28-21/h3-8,13,17H,9-12,14-16H2,1-2H3,(H,24,27). The molecule has 1 amide bonds. The summed E-state index contributed by atoms with van der Waals surface area (Å²) >= 11 is 0. The van der Waals surface area contributed by atoms with Crippen LogP contribution in [0.3, 0.4) is 0 Å². The second-order valence-electron chi connectivity index (χ2n) is 8.06. The Hall–Kier alpha value is -2.57. The lowest BCUT2D eigenvalue weighted by Crippen LogP contribution is -2.48. The predicted octanol–water partition coefficient (Wildman–Crippen LogP) is 3.30. The zero-order valence-corrected chi connectivity index (χ0v) is 17.2. The molecule has 2 aromatic carbocycles. The maximum atomic E-state index is 12.4. The topological polar surface area (TPSA) is 54.0 Å². The molecule has 0 bridgehead atoms. The molecule has 1 fully saturated rings. The smallest absolute Gasteiger partial charge is 0.238 e. The van der Waals surface area contributed by atoms with Crippen LogP contribution in [0.25, 0.3) is 0 Å². The largest absolute Gasteiger partial charge is 0.454 e. The third-order valence-corrected chi connectivity index (χ3v) is 5.54. The van der Waals surface area contributed by atoms with E-state index in [4.69, 9.17) is 9.47 Å². The van der Waals surface area contributed by atoms with E-state index in [1.165, 1.54) is 11.1 Å². The Morgan fingerprint density at radius 1 is 0.966 bits per heavy atom. The highest BCUT2D eigenvalue weighted by atomic mass is 16.7. The molecule has 2 aromatic rings. The lowest BCUT2D eigenvalue weighted by molar-refractivity contribution is -0.117. The van der Waals surface area contributed by atoms with Crippen LogP contribution in [-0.2, 0) is 11.3 Å². The molecule has 4 rings (SSSR count). The quantitative estimate of drug-likeness (QED) is 0.813. The first-order chi connectivity index (χ1) is 14.1. The monoisotopic (exact) mass is 395 g/mol. The number of nitrogens with zero attached hydrogens (tertiary/aromatic N) is 2.